The highest BCUT2D eigenvalue weighted by Gasteiger charge is 2.64. The summed E-state index contributed by atoms with van der Waals surface area (Å²) >= 11 is 0. The van der Waals surface area contributed by atoms with Gasteiger partial charge in [0.1, 0.15) is 0 Å². The molecule has 2 rings (SSSR count). The van der Waals surface area contributed by atoms with E-state index in [1.54, 1.807) is 0 Å². The van der Waals surface area contributed by atoms with E-state index >= 15 is 0 Å². The molecule has 0 aliphatic heterocycles. The number of aliphatic hydroxyl groups excluding tert-OH is 1. The molecule has 1 N–H and O–H groups in total. The Morgan fingerprint density at radius 1 is 1.31 bits per heavy atom. The summed E-state index contributed by atoms with van der Waals surface area (Å²) in [6.45, 7) is 9.28. The second-order valence-electron chi connectivity index (χ2n) is 5.90. The van der Waals surface area contributed by atoms with E-state index in [0.29, 0.717) is 11.3 Å². The molecule has 2 saturated carbocycles. The minimum absolute atomic E-state index is 0.0405. The summed E-state index contributed by atoms with van der Waals surface area (Å²) < 4.78 is 0. The zero-order chi connectivity index (χ0) is 9.85. The largest absolute Gasteiger partial charge is 0.393 e. The van der Waals surface area contributed by atoms with Crippen LogP contribution in [0.5, 0.6) is 0 Å². The molecule has 76 valence electrons. The average molecular weight is 182 g/mol. The number of aliphatic hydroxyl groups is 1. The van der Waals surface area contributed by atoms with E-state index in [-0.39, 0.29) is 11.5 Å². The number of fused-ring (bicyclic) bond motifs is 2. The predicted molar refractivity (Wildman–Crippen MR) is 54.4 cm³/mol. The Balaban J connectivity index is 2.43. The van der Waals surface area contributed by atoms with Crippen molar-refractivity contribution in [3.05, 3.63) is 0 Å². The topological polar surface area (TPSA) is 20.2 Å². The molecule has 0 aromatic carbocycles. The van der Waals surface area contributed by atoms with E-state index in [9.17, 15) is 5.11 Å². The Morgan fingerprint density at radius 2 is 1.92 bits per heavy atom. The van der Waals surface area contributed by atoms with Crippen LogP contribution in [0.2, 0.25) is 0 Å². The smallest absolute Gasteiger partial charge is 0.0606 e. The molecule has 0 amide bonds. The SMILES string of the molecule is CC(C)[C@@]12CC[C@@H](C[C@H]1O)C2(C)C. The monoisotopic (exact) mass is 182 g/mol. The molecule has 1 heteroatoms. The first kappa shape index (κ1) is 9.51. The van der Waals surface area contributed by atoms with Gasteiger partial charge in [0.05, 0.1) is 6.10 Å². The lowest BCUT2D eigenvalue weighted by atomic mass is 9.62. The van der Waals surface area contributed by atoms with Gasteiger partial charge in [-0.2, -0.15) is 0 Å². The summed E-state index contributed by atoms with van der Waals surface area (Å²) in [5, 5.41) is 10.2. The highest BCUT2D eigenvalue weighted by molar-refractivity contribution is 5.13. The summed E-state index contributed by atoms with van der Waals surface area (Å²) in [7, 11) is 0. The van der Waals surface area contributed by atoms with Crippen LogP contribution >= 0.6 is 0 Å². The van der Waals surface area contributed by atoms with Crippen LogP contribution in [0.15, 0.2) is 0 Å². The third-order valence-corrected chi connectivity index (χ3v) is 5.26. The third-order valence-electron chi connectivity index (χ3n) is 5.26. The lowest BCUT2D eigenvalue weighted by Gasteiger charge is -2.44. The second-order valence-corrected chi connectivity index (χ2v) is 5.90. The van der Waals surface area contributed by atoms with Crippen molar-refractivity contribution < 1.29 is 5.11 Å². The van der Waals surface area contributed by atoms with Crippen LogP contribution in [0.1, 0.15) is 47.0 Å². The fraction of sp³-hybridized carbons (Fsp3) is 1.00. The lowest BCUT2D eigenvalue weighted by Crippen LogP contribution is -2.43. The van der Waals surface area contributed by atoms with Gasteiger partial charge in [0, 0.05) is 5.41 Å². The molecular formula is C12H22O. The fourth-order valence-corrected chi connectivity index (χ4v) is 4.38. The summed E-state index contributed by atoms with van der Waals surface area (Å²) in [5.74, 6) is 1.38. The highest BCUT2D eigenvalue weighted by atomic mass is 16.3. The molecule has 2 bridgehead atoms. The summed E-state index contributed by atoms with van der Waals surface area (Å²) in [6.07, 6.45) is 3.58. The van der Waals surface area contributed by atoms with Gasteiger partial charge in [-0.1, -0.05) is 27.7 Å². The van der Waals surface area contributed by atoms with Gasteiger partial charge in [-0.25, -0.2) is 0 Å². The minimum atomic E-state index is -0.0405. The molecule has 1 nitrogen and oxygen atoms in total. The number of hydrogen-bond acceptors (Lipinski definition) is 1. The molecule has 0 spiro atoms. The molecular weight excluding hydrogens is 160 g/mol. The first-order valence-corrected chi connectivity index (χ1v) is 5.61. The minimum Gasteiger partial charge on any atom is -0.393 e. The van der Waals surface area contributed by atoms with Crippen LogP contribution in [0.3, 0.4) is 0 Å². The molecule has 2 aliphatic carbocycles. The van der Waals surface area contributed by atoms with Crippen molar-refractivity contribution in [1.29, 1.82) is 0 Å². The van der Waals surface area contributed by atoms with E-state index in [1.807, 2.05) is 0 Å². The van der Waals surface area contributed by atoms with Crippen LogP contribution in [0, 0.1) is 22.7 Å². The maximum Gasteiger partial charge on any atom is 0.0606 e. The quantitative estimate of drug-likeness (QED) is 0.661. The maximum atomic E-state index is 10.2. The summed E-state index contributed by atoms with van der Waals surface area (Å²) in [4.78, 5) is 0. The van der Waals surface area contributed by atoms with Gasteiger partial charge in [-0.05, 0) is 36.5 Å². The van der Waals surface area contributed by atoms with Crippen LogP contribution in [0.4, 0.5) is 0 Å². The van der Waals surface area contributed by atoms with E-state index in [2.05, 4.69) is 27.7 Å². The summed E-state index contributed by atoms with van der Waals surface area (Å²) in [5.41, 5.74) is 0.582. The van der Waals surface area contributed by atoms with Gasteiger partial charge >= 0.3 is 0 Å². The van der Waals surface area contributed by atoms with E-state index < -0.39 is 0 Å². The molecule has 0 heterocycles. The maximum absolute atomic E-state index is 10.2. The summed E-state index contributed by atoms with van der Waals surface area (Å²) in [6, 6.07) is 0. The van der Waals surface area contributed by atoms with Gasteiger partial charge in [0.15, 0.2) is 0 Å². The fourth-order valence-electron chi connectivity index (χ4n) is 4.38. The van der Waals surface area contributed by atoms with Crippen molar-refractivity contribution in [3.8, 4) is 0 Å². The Kier molecular flexibility index (Phi) is 1.83. The zero-order valence-corrected chi connectivity index (χ0v) is 9.30. The van der Waals surface area contributed by atoms with Crippen LogP contribution in [-0.4, -0.2) is 11.2 Å². The van der Waals surface area contributed by atoms with Crippen LogP contribution in [-0.2, 0) is 0 Å². The van der Waals surface area contributed by atoms with E-state index in [0.717, 1.165) is 12.3 Å². The first-order valence-electron chi connectivity index (χ1n) is 5.61. The number of hydrogen-bond donors (Lipinski definition) is 1. The molecule has 0 radical (unpaired) electrons. The van der Waals surface area contributed by atoms with Crippen molar-refractivity contribution >= 4 is 0 Å². The molecule has 3 atom stereocenters. The Hall–Kier alpha value is -0.0400. The Bertz CT molecular complexity index is 219. The zero-order valence-electron chi connectivity index (χ0n) is 9.30. The molecule has 2 aliphatic rings. The van der Waals surface area contributed by atoms with Gasteiger partial charge in [-0.15, -0.1) is 0 Å². The van der Waals surface area contributed by atoms with E-state index in [1.165, 1.54) is 12.8 Å². The van der Waals surface area contributed by atoms with Crippen LogP contribution in [0.25, 0.3) is 0 Å². The molecule has 13 heavy (non-hydrogen) atoms. The normalized spacial score (nSPS) is 47.5. The molecule has 0 unspecified atom stereocenters. The van der Waals surface area contributed by atoms with Gasteiger partial charge in [0.25, 0.3) is 0 Å². The van der Waals surface area contributed by atoms with Crippen LogP contribution < -0.4 is 0 Å². The number of rotatable bonds is 1. The molecule has 0 aromatic heterocycles. The third kappa shape index (κ3) is 0.869. The van der Waals surface area contributed by atoms with Crippen molar-refractivity contribution in [2.24, 2.45) is 22.7 Å². The lowest BCUT2D eigenvalue weighted by molar-refractivity contribution is -0.0403. The van der Waals surface area contributed by atoms with Gasteiger partial charge < -0.3 is 5.11 Å². The molecule has 0 aromatic rings. The standard InChI is InChI=1S/C12H22O/c1-8(2)12-6-5-9(7-10(12)13)11(12,3)4/h8-10,13H,5-7H2,1-4H3/t9-,10+,12-/m0/s1. The predicted octanol–water partition coefficient (Wildman–Crippen LogP) is 2.83. The highest BCUT2D eigenvalue weighted by Crippen LogP contribution is 2.68. The Labute approximate surface area is 81.5 Å². The van der Waals surface area contributed by atoms with Gasteiger partial charge in [-0.3, -0.25) is 0 Å². The van der Waals surface area contributed by atoms with Crippen molar-refractivity contribution in [3.63, 3.8) is 0 Å². The molecule has 2 fully saturated rings. The second kappa shape index (κ2) is 2.50. The van der Waals surface area contributed by atoms with E-state index in [4.69, 9.17) is 0 Å². The molecule has 0 saturated heterocycles. The van der Waals surface area contributed by atoms with Crippen molar-refractivity contribution in [2.75, 3.05) is 0 Å². The van der Waals surface area contributed by atoms with Crippen molar-refractivity contribution in [2.45, 2.75) is 53.1 Å². The van der Waals surface area contributed by atoms with Gasteiger partial charge in [0.2, 0.25) is 0 Å². The van der Waals surface area contributed by atoms with Crippen molar-refractivity contribution in [1.82, 2.24) is 0 Å². The Morgan fingerprint density at radius 3 is 2.15 bits per heavy atom. The first-order chi connectivity index (χ1) is 5.93. The average Bonchev–Trinajstić information content (AvgIpc) is 2.35.